The van der Waals surface area contributed by atoms with Crippen molar-refractivity contribution < 1.29 is 0 Å². The van der Waals surface area contributed by atoms with E-state index < -0.39 is 0 Å². The van der Waals surface area contributed by atoms with Crippen LogP contribution >= 0.6 is 0 Å². The van der Waals surface area contributed by atoms with Crippen LogP contribution in [-0.4, -0.2) is 29.1 Å². The molecule has 6 heteroatoms. The fraction of sp³-hybridized carbons (Fsp3) is 0.692. The first-order valence-corrected chi connectivity index (χ1v) is 7.03. The van der Waals surface area contributed by atoms with E-state index >= 15 is 0 Å². The lowest BCUT2D eigenvalue weighted by molar-refractivity contribution is 0.345. The Labute approximate surface area is 114 Å². The average molecular weight is 264 g/mol. The lowest BCUT2D eigenvalue weighted by Crippen LogP contribution is -2.35. The minimum Gasteiger partial charge on any atom is -0.370 e. The molecule has 0 saturated heterocycles. The van der Waals surface area contributed by atoms with Gasteiger partial charge in [-0.3, -0.25) is 0 Å². The molecule has 0 amide bonds. The zero-order valence-corrected chi connectivity index (χ0v) is 11.3. The second-order valence-electron chi connectivity index (χ2n) is 5.24. The quantitative estimate of drug-likeness (QED) is 0.541. The summed E-state index contributed by atoms with van der Waals surface area (Å²) < 4.78 is 0. The van der Waals surface area contributed by atoms with Gasteiger partial charge in [-0.15, -0.1) is 0 Å². The topological polar surface area (TPSA) is 116 Å². The second kappa shape index (κ2) is 6.68. The van der Waals surface area contributed by atoms with Crippen LogP contribution in [0.2, 0.25) is 0 Å². The Bertz CT molecular complexity index is 402. The maximum absolute atomic E-state index is 5.81. The van der Waals surface area contributed by atoms with E-state index in [1.165, 1.54) is 0 Å². The maximum Gasteiger partial charge on any atom is 0.222 e. The Balaban J connectivity index is 1.86. The van der Waals surface area contributed by atoms with Crippen molar-refractivity contribution in [3.05, 3.63) is 11.8 Å². The fourth-order valence-corrected chi connectivity index (χ4v) is 2.35. The smallest absolute Gasteiger partial charge is 0.222 e. The number of hydrogen-bond acceptors (Lipinski definition) is 6. The average Bonchev–Trinajstić information content (AvgIpc) is 2.34. The van der Waals surface area contributed by atoms with Gasteiger partial charge in [0.1, 0.15) is 5.82 Å². The minimum absolute atomic E-state index is 0.314. The number of unbranched alkanes of at least 4 members (excludes halogenated alkanes) is 2. The van der Waals surface area contributed by atoms with Crippen LogP contribution in [0, 0.1) is 0 Å². The summed E-state index contributed by atoms with van der Waals surface area (Å²) in [5.74, 6) is 1.59. The van der Waals surface area contributed by atoms with Crippen molar-refractivity contribution in [1.82, 2.24) is 9.97 Å². The number of anilines is 2. The Morgan fingerprint density at radius 3 is 2.68 bits per heavy atom. The predicted molar refractivity (Wildman–Crippen MR) is 77.8 cm³/mol. The van der Waals surface area contributed by atoms with Crippen LogP contribution in [-0.2, 0) is 0 Å². The molecule has 1 aromatic rings. The molecule has 0 spiro atoms. The van der Waals surface area contributed by atoms with Gasteiger partial charge in [0.25, 0.3) is 0 Å². The number of rotatable bonds is 7. The van der Waals surface area contributed by atoms with E-state index in [4.69, 9.17) is 17.2 Å². The van der Waals surface area contributed by atoms with Gasteiger partial charge in [-0.25, -0.2) is 4.98 Å². The van der Waals surface area contributed by atoms with Gasteiger partial charge in [0.15, 0.2) is 0 Å². The van der Waals surface area contributed by atoms with E-state index in [1.54, 1.807) is 0 Å². The highest BCUT2D eigenvalue weighted by atomic mass is 15.1. The Kier molecular flexibility index (Phi) is 4.93. The van der Waals surface area contributed by atoms with Crippen molar-refractivity contribution >= 4 is 11.8 Å². The number of nitrogen functional groups attached to an aromatic ring is 1. The van der Waals surface area contributed by atoms with Crippen LogP contribution in [0.1, 0.15) is 43.7 Å². The van der Waals surface area contributed by atoms with Crippen LogP contribution in [0.15, 0.2) is 6.07 Å². The van der Waals surface area contributed by atoms with E-state index in [1.807, 2.05) is 6.07 Å². The Hall–Kier alpha value is -1.40. The molecular weight excluding hydrogens is 240 g/mol. The summed E-state index contributed by atoms with van der Waals surface area (Å²) in [4.78, 5) is 8.51. The van der Waals surface area contributed by atoms with E-state index in [-0.39, 0.29) is 0 Å². The zero-order chi connectivity index (χ0) is 13.7. The van der Waals surface area contributed by atoms with Crippen LogP contribution in [0.4, 0.5) is 11.8 Å². The largest absolute Gasteiger partial charge is 0.370 e. The van der Waals surface area contributed by atoms with Gasteiger partial charge in [0.2, 0.25) is 5.95 Å². The molecule has 0 aliphatic heterocycles. The molecule has 6 nitrogen and oxygen atoms in total. The number of nitrogens with zero attached hydrogens (tertiary/aromatic N) is 2. The SMILES string of the molecule is NCCCCCNc1cc(C2CC(N)C2)nc(N)n1. The molecule has 1 saturated carbocycles. The molecule has 0 unspecified atom stereocenters. The van der Waals surface area contributed by atoms with Crippen molar-refractivity contribution in [3.8, 4) is 0 Å². The molecular formula is C13H24N6. The third-order valence-electron chi connectivity index (χ3n) is 3.54. The zero-order valence-electron chi connectivity index (χ0n) is 11.3. The molecule has 19 heavy (non-hydrogen) atoms. The highest BCUT2D eigenvalue weighted by molar-refractivity contribution is 5.41. The first-order chi connectivity index (χ1) is 9.19. The fourth-order valence-electron chi connectivity index (χ4n) is 2.35. The predicted octanol–water partition coefficient (Wildman–Crippen LogP) is 0.804. The second-order valence-corrected chi connectivity index (χ2v) is 5.24. The Morgan fingerprint density at radius 2 is 2.00 bits per heavy atom. The van der Waals surface area contributed by atoms with E-state index in [0.717, 1.165) is 56.7 Å². The molecule has 2 rings (SSSR count). The minimum atomic E-state index is 0.314. The van der Waals surface area contributed by atoms with Crippen LogP contribution in [0.25, 0.3) is 0 Å². The molecule has 1 fully saturated rings. The summed E-state index contributed by atoms with van der Waals surface area (Å²) in [5.41, 5.74) is 18.0. The number of nitrogens with one attached hydrogen (secondary N) is 1. The van der Waals surface area contributed by atoms with E-state index in [0.29, 0.717) is 17.9 Å². The third-order valence-corrected chi connectivity index (χ3v) is 3.54. The molecule has 0 atom stereocenters. The van der Waals surface area contributed by atoms with Crippen LogP contribution < -0.4 is 22.5 Å². The normalized spacial score (nSPS) is 22.0. The first-order valence-electron chi connectivity index (χ1n) is 7.03. The lowest BCUT2D eigenvalue weighted by atomic mass is 9.78. The molecule has 0 aromatic carbocycles. The number of aromatic nitrogens is 2. The number of hydrogen-bond donors (Lipinski definition) is 4. The van der Waals surface area contributed by atoms with Gasteiger partial charge in [0, 0.05) is 24.6 Å². The molecule has 106 valence electrons. The van der Waals surface area contributed by atoms with Gasteiger partial charge in [0.05, 0.1) is 5.69 Å². The van der Waals surface area contributed by atoms with E-state index in [9.17, 15) is 0 Å². The van der Waals surface area contributed by atoms with Crippen molar-refractivity contribution in [2.24, 2.45) is 11.5 Å². The monoisotopic (exact) mass is 264 g/mol. The molecule has 7 N–H and O–H groups in total. The van der Waals surface area contributed by atoms with Crippen LogP contribution in [0.3, 0.4) is 0 Å². The summed E-state index contributed by atoms with van der Waals surface area (Å²) in [6, 6.07) is 2.31. The number of nitrogens with two attached hydrogens (primary N) is 3. The highest BCUT2D eigenvalue weighted by Crippen LogP contribution is 2.35. The maximum atomic E-state index is 5.81. The highest BCUT2D eigenvalue weighted by Gasteiger charge is 2.28. The van der Waals surface area contributed by atoms with Crippen molar-refractivity contribution in [2.75, 3.05) is 24.1 Å². The third kappa shape index (κ3) is 4.04. The van der Waals surface area contributed by atoms with Gasteiger partial charge >= 0.3 is 0 Å². The molecule has 1 aromatic heterocycles. The van der Waals surface area contributed by atoms with Gasteiger partial charge in [-0.1, -0.05) is 6.42 Å². The molecule has 1 aliphatic carbocycles. The van der Waals surface area contributed by atoms with Gasteiger partial charge in [-0.2, -0.15) is 4.98 Å². The molecule has 1 heterocycles. The van der Waals surface area contributed by atoms with Crippen LogP contribution in [0.5, 0.6) is 0 Å². The summed E-state index contributed by atoms with van der Waals surface area (Å²) in [5, 5.41) is 3.30. The summed E-state index contributed by atoms with van der Waals surface area (Å²) in [6.07, 6.45) is 5.27. The first kappa shape index (κ1) is 14.0. The van der Waals surface area contributed by atoms with Gasteiger partial charge in [-0.05, 0) is 32.2 Å². The van der Waals surface area contributed by atoms with Crippen molar-refractivity contribution in [2.45, 2.75) is 44.1 Å². The standard InChI is InChI=1S/C13H24N6/c14-4-2-1-3-5-17-12-8-11(18-13(16)19-12)9-6-10(15)7-9/h8-10H,1-7,14-15H2,(H3,16,17,18,19). The molecule has 1 aliphatic rings. The summed E-state index contributed by atoms with van der Waals surface area (Å²) in [6.45, 7) is 1.65. The van der Waals surface area contributed by atoms with E-state index in [2.05, 4.69) is 15.3 Å². The summed E-state index contributed by atoms with van der Waals surface area (Å²) >= 11 is 0. The molecule has 0 radical (unpaired) electrons. The lowest BCUT2D eigenvalue weighted by Gasteiger charge is -2.32. The van der Waals surface area contributed by atoms with Gasteiger partial charge < -0.3 is 22.5 Å². The Morgan fingerprint density at radius 1 is 1.21 bits per heavy atom. The van der Waals surface area contributed by atoms with Crippen molar-refractivity contribution in [1.29, 1.82) is 0 Å². The van der Waals surface area contributed by atoms with Crippen molar-refractivity contribution in [3.63, 3.8) is 0 Å². The molecule has 0 bridgehead atoms. The summed E-state index contributed by atoms with van der Waals surface area (Å²) in [7, 11) is 0.